The Bertz CT molecular complexity index is 1290. The molecule has 0 aliphatic heterocycles. The molecule has 0 spiro atoms. The summed E-state index contributed by atoms with van der Waals surface area (Å²) >= 11 is 6.09. The number of amides is 1. The fraction of sp³-hybridized carbons (Fsp3) is 0.286. The van der Waals surface area contributed by atoms with E-state index in [1.54, 1.807) is 18.5 Å². The van der Waals surface area contributed by atoms with Crippen LogP contribution in [0.3, 0.4) is 0 Å². The minimum Gasteiger partial charge on any atom is -0.349 e. The first kappa shape index (κ1) is 24.2. The van der Waals surface area contributed by atoms with Crippen LogP contribution in [0.1, 0.15) is 57.5 Å². The van der Waals surface area contributed by atoms with E-state index in [9.17, 15) is 4.79 Å². The van der Waals surface area contributed by atoms with E-state index >= 15 is 0 Å². The van der Waals surface area contributed by atoms with E-state index in [4.69, 9.17) is 16.6 Å². The van der Waals surface area contributed by atoms with Gasteiger partial charge >= 0.3 is 0 Å². The summed E-state index contributed by atoms with van der Waals surface area (Å²) in [6.45, 7) is 2.14. The summed E-state index contributed by atoms with van der Waals surface area (Å²) in [5.74, 6) is 0.788. The monoisotopic (exact) mass is 500 g/mol. The molecule has 4 aromatic rings. The molecule has 3 heterocycles. The van der Waals surface area contributed by atoms with Gasteiger partial charge in [-0.15, -0.1) is 0 Å². The number of H-pyrrole nitrogens is 1. The lowest BCUT2D eigenvalue weighted by molar-refractivity contribution is 0.0951. The van der Waals surface area contributed by atoms with Gasteiger partial charge in [-0.05, 0) is 48.1 Å². The normalized spacial score (nSPS) is 15.0. The minimum atomic E-state index is -0.209. The maximum atomic E-state index is 12.5. The summed E-state index contributed by atoms with van der Waals surface area (Å²) in [6.07, 6.45) is 12.8. The molecule has 0 radical (unpaired) electrons. The van der Waals surface area contributed by atoms with Gasteiger partial charge in [-0.3, -0.25) is 19.7 Å². The average Bonchev–Trinajstić information content (AvgIpc) is 3.44. The largest absolute Gasteiger partial charge is 0.349 e. The highest BCUT2D eigenvalue weighted by molar-refractivity contribution is 6.33. The molecule has 8 heteroatoms. The molecule has 36 heavy (non-hydrogen) atoms. The Balaban J connectivity index is 1.27. The van der Waals surface area contributed by atoms with Crippen LogP contribution in [0.2, 0.25) is 5.02 Å². The van der Waals surface area contributed by atoms with Gasteiger partial charge in [0, 0.05) is 57.0 Å². The molecule has 7 nitrogen and oxygen atoms in total. The van der Waals surface area contributed by atoms with Crippen molar-refractivity contribution in [2.24, 2.45) is 0 Å². The number of nitrogens with one attached hydrogen (secondary N) is 2. The summed E-state index contributed by atoms with van der Waals surface area (Å²) in [5.41, 5.74) is 5.25. The van der Waals surface area contributed by atoms with E-state index in [-0.39, 0.29) is 11.9 Å². The van der Waals surface area contributed by atoms with Crippen LogP contribution < -0.4 is 5.32 Å². The van der Waals surface area contributed by atoms with Gasteiger partial charge in [0.2, 0.25) is 0 Å². The van der Waals surface area contributed by atoms with Crippen LogP contribution in [0, 0.1) is 0 Å². The van der Waals surface area contributed by atoms with Gasteiger partial charge < -0.3 is 10.3 Å². The van der Waals surface area contributed by atoms with Gasteiger partial charge in [-0.25, -0.2) is 4.98 Å². The summed E-state index contributed by atoms with van der Waals surface area (Å²) in [7, 11) is 0. The lowest BCUT2D eigenvalue weighted by atomic mass is 9.90. The third kappa shape index (κ3) is 5.80. The van der Waals surface area contributed by atoms with Crippen LogP contribution >= 0.6 is 11.6 Å². The Kier molecular flexibility index (Phi) is 7.69. The molecule has 0 bridgehead atoms. The van der Waals surface area contributed by atoms with Crippen LogP contribution in [0.4, 0.5) is 0 Å². The SMILES string of the molecule is O=C(NCc1ccc(CN(CCc2ncc[nH]2)C2CCCc3cccnc32)cc1)c1ccncc1Cl. The zero-order valence-corrected chi connectivity index (χ0v) is 20.8. The number of nitrogens with zero attached hydrogens (tertiary/aromatic N) is 4. The molecule has 1 aromatic carbocycles. The number of halogens is 1. The van der Waals surface area contributed by atoms with Crippen molar-refractivity contribution in [1.29, 1.82) is 0 Å². The number of pyridine rings is 2. The van der Waals surface area contributed by atoms with Gasteiger partial charge in [-0.2, -0.15) is 0 Å². The third-order valence-electron chi connectivity index (χ3n) is 6.68. The zero-order valence-electron chi connectivity index (χ0n) is 20.0. The van der Waals surface area contributed by atoms with Crippen molar-refractivity contribution in [1.82, 2.24) is 30.2 Å². The summed E-state index contributed by atoms with van der Waals surface area (Å²) in [6, 6.07) is 14.6. The first-order valence-corrected chi connectivity index (χ1v) is 12.7. The van der Waals surface area contributed by atoms with Crippen molar-refractivity contribution >= 4 is 17.5 Å². The number of aromatic nitrogens is 4. The molecule has 0 saturated heterocycles. The first-order valence-electron chi connectivity index (χ1n) is 12.3. The van der Waals surface area contributed by atoms with Gasteiger partial charge in [0.05, 0.1) is 22.3 Å². The quantitative estimate of drug-likeness (QED) is 0.341. The van der Waals surface area contributed by atoms with Crippen LogP contribution in [0.5, 0.6) is 0 Å². The number of benzene rings is 1. The molecule has 1 atom stereocenters. The number of rotatable bonds is 9. The van der Waals surface area contributed by atoms with Crippen molar-refractivity contribution in [2.45, 2.75) is 44.8 Å². The van der Waals surface area contributed by atoms with E-state index in [1.807, 2.05) is 18.5 Å². The van der Waals surface area contributed by atoms with Crippen molar-refractivity contribution in [2.75, 3.05) is 6.54 Å². The fourth-order valence-corrected chi connectivity index (χ4v) is 5.01. The molecular formula is C28H29ClN6O. The fourth-order valence-electron chi connectivity index (χ4n) is 4.80. The molecule has 1 aliphatic carbocycles. The highest BCUT2D eigenvalue weighted by Gasteiger charge is 2.27. The number of hydrogen-bond acceptors (Lipinski definition) is 5. The number of carbonyl (C=O) groups excluding carboxylic acids is 1. The van der Waals surface area contributed by atoms with E-state index in [2.05, 4.69) is 55.5 Å². The Labute approximate surface area is 216 Å². The van der Waals surface area contributed by atoms with Crippen molar-refractivity contribution < 1.29 is 4.79 Å². The van der Waals surface area contributed by atoms with Crippen molar-refractivity contribution in [3.8, 4) is 0 Å². The molecule has 1 aliphatic rings. The second-order valence-electron chi connectivity index (χ2n) is 9.07. The number of imidazole rings is 1. The Morgan fingerprint density at radius 1 is 1.08 bits per heavy atom. The molecular weight excluding hydrogens is 472 g/mol. The molecule has 5 rings (SSSR count). The number of aryl methyl sites for hydroxylation is 1. The van der Waals surface area contributed by atoms with Gasteiger partial charge in [0.25, 0.3) is 5.91 Å². The van der Waals surface area contributed by atoms with E-state index in [1.165, 1.54) is 29.4 Å². The maximum Gasteiger partial charge on any atom is 0.253 e. The van der Waals surface area contributed by atoms with E-state index in [0.29, 0.717) is 17.1 Å². The predicted octanol–water partition coefficient (Wildman–Crippen LogP) is 4.91. The number of fused-ring (bicyclic) bond motifs is 1. The Morgan fingerprint density at radius 2 is 1.94 bits per heavy atom. The van der Waals surface area contributed by atoms with E-state index < -0.39 is 0 Å². The highest BCUT2D eigenvalue weighted by atomic mass is 35.5. The lowest BCUT2D eigenvalue weighted by Gasteiger charge is -2.35. The maximum absolute atomic E-state index is 12.5. The number of hydrogen-bond donors (Lipinski definition) is 2. The summed E-state index contributed by atoms with van der Waals surface area (Å²) < 4.78 is 0. The molecule has 1 amide bonds. The van der Waals surface area contributed by atoms with Crippen LogP contribution in [-0.2, 0) is 25.9 Å². The van der Waals surface area contributed by atoms with Crippen LogP contribution in [0.15, 0.2) is 73.4 Å². The van der Waals surface area contributed by atoms with Gasteiger partial charge in [-0.1, -0.05) is 41.9 Å². The van der Waals surface area contributed by atoms with Gasteiger partial charge in [0.1, 0.15) is 5.82 Å². The van der Waals surface area contributed by atoms with E-state index in [0.717, 1.165) is 43.7 Å². The molecule has 2 N–H and O–H groups in total. The molecule has 0 fully saturated rings. The average molecular weight is 501 g/mol. The summed E-state index contributed by atoms with van der Waals surface area (Å²) in [4.78, 5) is 31.3. The zero-order chi connectivity index (χ0) is 24.7. The third-order valence-corrected chi connectivity index (χ3v) is 6.98. The Hall–Kier alpha value is -3.55. The molecule has 3 aromatic heterocycles. The highest BCUT2D eigenvalue weighted by Crippen LogP contribution is 2.33. The lowest BCUT2D eigenvalue weighted by Crippen LogP contribution is -2.33. The van der Waals surface area contributed by atoms with Gasteiger partial charge in [0.15, 0.2) is 0 Å². The van der Waals surface area contributed by atoms with Crippen LogP contribution in [-0.4, -0.2) is 37.3 Å². The predicted molar refractivity (Wildman–Crippen MR) is 139 cm³/mol. The standard InChI is InChI=1S/C28H29ClN6O/c29-24-18-30-13-10-23(24)28(36)34-17-20-6-8-21(9-7-20)19-35(16-11-26-31-14-15-32-26)25-5-1-3-22-4-2-12-33-27(22)25/h2,4,6-10,12-15,18,25H,1,3,5,11,16-17,19H2,(H,31,32)(H,34,36). The number of aromatic amines is 1. The smallest absolute Gasteiger partial charge is 0.253 e. The Morgan fingerprint density at radius 3 is 2.75 bits per heavy atom. The molecule has 1 unspecified atom stereocenters. The second kappa shape index (κ2) is 11.5. The van der Waals surface area contributed by atoms with Crippen molar-refractivity contribution in [3.63, 3.8) is 0 Å². The summed E-state index contributed by atoms with van der Waals surface area (Å²) in [5, 5.41) is 3.28. The molecule has 184 valence electrons. The van der Waals surface area contributed by atoms with Crippen LogP contribution in [0.25, 0.3) is 0 Å². The molecule has 0 saturated carbocycles. The topological polar surface area (TPSA) is 86.8 Å². The minimum absolute atomic E-state index is 0.209. The van der Waals surface area contributed by atoms with Crippen molar-refractivity contribution in [3.05, 3.63) is 112 Å². The second-order valence-corrected chi connectivity index (χ2v) is 9.47. The first-order chi connectivity index (χ1) is 17.7. The number of carbonyl (C=O) groups is 1.